The van der Waals surface area contributed by atoms with Gasteiger partial charge in [-0.3, -0.25) is 0 Å². The molecule has 0 heterocycles. The Morgan fingerprint density at radius 3 is 1.77 bits per heavy atom. The van der Waals surface area contributed by atoms with Crippen molar-refractivity contribution < 1.29 is 0 Å². The molecule has 0 aliphatic heterocycles. The quantitative estimate of drug-likeness (QED) is 0.524. The molecule has 2 radical (unpaired) electrons. The number of allylic oxidation sites excluding steroid dienone is 1. The van der Waals surface area contributed by atoms with Crippen LogP contribution in [-0.2, 0) is 12.8 Å². The zero-order valence-electron chi connectivity index (χ0n) is 13.5. The predicted molar refractivity (Wildman–Crippen MR) is 98.5 cm³/mol. The second-order valence-electron chi connectivity index (χ2n) is 5.72. The summed E-state index contributed by atoms with van der Waals surface area (Å²) >= 11 is 0. The molecule has 0 N–H and O–H groups in total. The van der Waals surface area contributed by atoms with E-state index in [0.29, 0.717) is 0 Å². The lowest BCUT2D eigenvalue weighted by Gasteiger charge is -2.14. The lowest BCUT2D eigenvalue weighted by atomic mass is 10.0. The highest BCUT2D eigenvalue weighted by atomic mass is 28.2. The smallest absolute Gasteiger partial charge is 0.0733 e. The van der Waals surface area contributed by atoms with Crippen LogP contribution in [0.15, 0.2) is 72.4 Å². The number of hydrogen-bond donors (Lipinski definition) is 0. The summed E-state index contributed by atoms with van der Waals surface area (Å²) < 4.78 is 0. The van der Waals surface area contributed by atoms with Crippen molar-refractivity contribution in [1.29, 1.82) is 0 Å². The summed E-state index contributed by atoms with van der Waals surface area (Å²) in [6.45, 7) is 2.21. The van der Waals surface area contributed by atoms with E-state index >= 15 is 0 Å². The lowest BCUT2D eigenvalue weighted by Crippen LogP contribution is -2.05. The SMILES string of the molecule is CCC=C[Si]C(CCc1ccccc1)CCc1ccccc1. The zero-order chi connectivity index (χ0) is 15.5. The van der Waals surface area contributed by atoms with Crippen LogP contribution in [0.4, 0.5) is 0 Å². The molecule has 0 spiro atoms. The van der Waals surface area contributed by atoms with Gasteiger partial charge in [0, 0.05) is 0 Å². The van der Waals surface area contributed by atoms with Gasteiger partial charge in [0.15, 0.2) is 0 Å². The second-order valence-corrected chi connectivity index (χ2v) is 7.21. The average molecular weight is 307 g/mol. The zero-order valence-corrected chi connectivity index (χ0v) is 14.5. The molecule has 1 heteroatoms. The van der Waals surface area contributed by atoms with Gasteiger partial charge in [0.25, 0.3) is 0 Å². The van der Waals surface area contributed by atoms with Crippen molar-refractivity contribution in [3.63, 3.8) is 0 Å². The van der Waals surface area contributed by atoms with E-state index in [4.69, 9.17) is 0 Å². The standard InChI is InChI=1S/C21H26Si/c1-2-3-18-22-21(16-14-19-10-6-4-7-11-19)17-15-20-12-8-5-9-13-20/h3-13,18,21H,2,14-17H2,1H3. The first-order chi connectivity index (χ1) is 10.9. The molecule has 0 bridgehead atoms. The topological polar surface area (TPSA) is 0 Å². The molecular weight excluding hydrogens is 280 g/mol. The Morgan fingerprint density at radius 1 is 0.818 bits per heavy atom. The molecule has 0 aliphatic carbocycles. The fraction of sp³-hybridized carbons (Fsp3) is 0.333. The maximum atomic E-state index is 2.40. The van der Waals surface area contributed by atoms with Crippen LogP contribution >= 0.6 is 0 Å². The summed E-state index contributed by atoms with van der Waals surface area (Å²) in [4.78, 5) is 0. The number of benzene rings is 2. The summed E-state index contributed by atoms with van der Waals surface area (Å²) in [6, 6.07) is 21.8. The first-order valence-electron chi connectivity index (χ1n) is 8.37. The highest BCUT2D eigenvalue weighted by Gasteiger charge is 2.09. The van der Waals surface area contributed by atoms with Gasteiger partial charge in [0.05, 0.1) is 9.52 Å². The van der Waals surface area contributed by atoms with Crippen LogP contribution in [0, 0.1) is 0 Å². The van der Waals surface area contributed by atoms with E-state index in [-0.39, 0.29) is 0 Å². The minimum atomic E-state index is 0.809. The van der Waals surface area contributed by atoms with Crippen LogP contribution in [0.25, 0.3) is 0 Å². The molecule has 2 aromatic rings. The van der Waals surface area contributed by atoms with Crippen LogP contribution in [0.3, 0.4) is 0 Å². The minimum absolute atomic E-state index is 0.809. The minimum Gasteiger partial charge on any atom is -0.102 e. The van der Waals surface area contributed by atoms with E-state index in [9.17, 15) is 0 Å². The molecule has 0 nitrogen and oxygen atoms in total. The van der Waals surface area contributed by atoms with E-state index in [2.05, 4.69) is 79.4 Å². The van der Waals surface area contributed by atoms with E-state index in [0.717, 1.165) is 21.5 Å². The normalized spacial score (nSPS) is 11.4. The molecule has 0 atom stereocenters. The molecule has 0 saturated carbocycles. The van der Waals surface area contributed by atoms with Crippen molar-refractivity contribution in [2.24, 2.45) is 0 Å². The first-order valence-corrected chi connectivity index (χ1v) is 9.53. The highest BCUT2D eigenvalue weighted by Crippen LogP contribution is 2.21. The van der Waals surface area contributed by atoms with E-state index in [1.807, 2.05) is 0 Å². The third kappa shape index (κ3) is 6.44. The number of aryl methyl sites for hydroxylation is 2. The molecule has 0 aromatic heterocycles. The van der Waals surface area contributed by atoms with E-state index in [1.54, 1.807) is 0 Å². The fourth-order valence-electron chi connectivity index (χ4n) is 2.60. The van der Waals surface area contributed by atoms with Gasteiger partial charge in [0.2, 0.25) is 0 Å². The van der Waals surface area contributed by atoms with Crippen molar-refractivity contribution in [2.75, 3.05) is 0 Å². The summed E-state index contributed by atoms with van der Waals surface area (Å²) in [5.41, 5.74) is 6.15. The van der Waals surface area contributed by atoms with E-state index < -0.39 is 0 Å². The Bertz CT molecular complexity index is 487. The fourth-order valence-corrected chi connectivity index (χ4v) is 3.87. The van der Waals surface area contributed by atoms with E-state index in [1.165, 1.54) is 36.8 Å². The molecule has 0 unspecified atom stereocenters. The van der Waals surface area contributed by atoms with Crippen molar-refractivity contribution in [1.82, 2.24) is 0 Å². The van der Waals surface area contributed by atoms with Gasteiger partial charge >= 0.3 is 0 Å². The van der Waals surface area contributed by atoms with Crippen molar-refractivity contribution in [3.8, 4) is 0 Å². The number of rotatable bonds is 9. The van der Waals surface area contributed by atoms with Gasteiger partial charge < -0.3 is 0 Å². The third-order valence-corrected chi connectivity index (χ3v) is 5.41. The van der Waals surface area contributed by atoms with Gasteiger partial charge in [-0.05, 0) is 48.8 Å². The molecule has 0 amide bonds. The largest absolute Gasteiger partial charge is 0.102 e. The maximum Gasteiger partial charge on any atom is 0.0733 e. The Balaban J connectivity index is 1.86. The van der Waals surface area contributed by atoms with Gasteiger partial charge in [-0.2, -0.15) is 0 Å². The Hall–Kier alpha value is -1.60. The van der Waals surface area contributed by atoms with Crippen LogP contribution in [-0.4, -0.2) is 9.52 Å². The monoisotopic (exact) mass is 306 g/mol. The molecule has 22 heavy (non-hydrogen) atoms. The van der Waals surface area contributed by atoms with Crippen LogP contribution < -0.4 is 0 Å². The third-order valence-electron chi connectivity index (χ3n) is 3.93. The Morgan fingerprint density at radius 2 is 1.32 bits per heavy atom. The molecule has 0 aliphatic rings. The lowest BCUT2D eigenvalue weighted by molar-refractivity contribution is 0.672. The second kappa shape index (κ2) is 10.2. The Kier molecular flexibility index (Phi) is 7.75. The van der Waals surface area contributed by atoms with Crippen LogP contribution in [0.2, 0.25) is 5.54 Å². The maximum absolute atomic E-state index is 2.40. The molecule has 0 saturated heterocycles. The molecule has 2 aromatic carbocycles. The molecule has 0 fully saturated rings. The molecule has 114 valence electrons. The summed E-state index contributed by atoms with van der Waals surface area (Å²) in [5, 5.41) is 0. The van der Waals surface area contributed by atoms with Crippen molar-refractivity contribution >= 4 is 9.52 Å². The predicted octanol–water partition coefficient (Wildman–Crippen LogP) is 5.67. The average Bonchev–Trinajstić information content (AvgIpc) is 2.59. The van der Waals surface area contributed by atoms with Gasteiger partial charge in [0.1, 0.15) is 0 Å². The molecular formula is C21H26Si. The van der Waals surface area contributed by atoms with Crippen molar-refractivity contribution in [3.05, 3.63) is 83.6 Å². The van der Waals surface area contributed by atoms with Gasteiger partial charge in [-0.15, -0.1) is 5.70 Å². The van der Waals surface area contributed by atoms with Gasteiger partial charge in [-0.25, -0.2) is 0 Å². The summed E-state index contributed by atoms with van der Waals surface area (Å²) in [6.07, 6.45) is 8.46. The highest BCUT2D eigenvalue weighted by molar-refractivity contribution is 6.43. The van der Waals surface area contributed by atoms with Crippen molar-refractivity contribution in [2.45, 2.75) is 44.6 Å². The van der Waals surface area contributed by atoms with Crippen LogP contribution in [0.1, 0.15) is 37.3 Å². The summed E-state index contributed by atoms with van der Waals surface area (Å²) in [7, 11) is 0.953. The first kappa shape index (κ1) is 16.8. The molecule has 2 rings (SSSR count). The number of hydrogen-bond acceptors (Lipinski definition) is 0. The van der Waals surface area contributed by atoms with Gasteiger partial charge in [-0.1, -0.05) is 73.7 Å². The summed E-state index contributed by atoms with van der Waals surface area (Å²) in [5.74, 6) is 0. The Labute approximate surface area is 138 Å². The van der Waals surface area contributed by atoms with Crippen LogP contribution in [0.5, 0.6) is 0 Å².